The molecule has 4 aliphatic heterocycles. The van der Waals surface area contributed by atoms with E-state index in [2.05, 4.69) is 20.4 Å². The fraction of sp³-hybridized carbons (Fsp3) is 0.0488. The molecule has 6 aromatic carbocycles. The summed E-state index contributed by atoms with van der Waals surface area (Å²) < 4.78 is 25.0. The summed E-state index contributed by atoms with van der Waals surface area (Å²) in [7, 11) is 0. The number of carbonyl (C=O) groups is 2. The predicted molar refractivity (Wildman–Crippen MR) is 195 cm³/mol. The van der Waals surface area contributed by atoms with Gasteiger partial charge in [-0.25, -0.2) is 9.59 Å². The highest BCUT2D eigenvalue weighted by atomic mass is 32.1. The monoisotopic (exact) mass is 747 g/mol. The molecule has 10 rings (SSSR count). The van der Waals surface area contributed by atoms with Gasteiger partial charge in [-0.3, -0.25) is 0 Å². The maximum Gasteiger partial charge on any atom is 0.340 e. The van der Waals surface area contributed by atoms with Crippen molar-refractivity contribution in [3.63, 3.8) is 0 Å². The molecule has 6 aromatic rings. The number of aromatic hydroxyl groups is 4. The molecule has 0 aromatic heterocycles. The smallest absolute Gasteiger partial charge is 0.340 e. The average Bonchev–Trinajstić information content (AvgIpc) is 3.62. The Kier molecular flexibility index (Phi) is 6.56. The summed E-state index contributed by atoms with van der Waals surface area (Å²) >= 11 is 4.97. The quantitative estimate of drug-likeness (QED) is 0.0586. The summed E-state index contributed by atoms with van der Waals surface area (Å²) in [5, 5.41) is 54.8. The fourth-order valence-corrected chi connectivity index (χ4v) is 8.07. The molecule has 2 unspecified atom stereocenters. The van der Waals surface area contributed by atoms with E-state index in [1.807, 2.05) is 0 Å². The Hall–Kier alpha value is -7.54. The minimum atomic E-state index is -1.76. The molecular weight excluding hydrogens is 727 g/mol. The molecule has 2 atom stereocenters. The number of nitrogens with zero attached hydrogens (tertiary/aromatic N) is 3. The predicted octanol–water partition coefficient (Wildman–Crippen LogP) is 8.79. The average molecular weight is 748 g/mol. The number of phenols is 4. The van der Waals surface area contributed by atoms with Gasteiger partial charge >= 0.3 is 11.9 Å². The Labute approximate surface area is 314 Å². The molecule has 0 bridgehead atoms. The van der Waals surface area contributed by atoms with Crippen LogP contribution in [0.2, 0.25) is 0 Å². The van der Waals surface area contributed by atoms with E-state index in [4.69, 9.17) is 31.2 Å². The van der Waals surface area contributed by atoms with Gasteiger partial charge in [-0.15, -0.1) is 10.2 Å². The second kappa shape index (κ2) is 11.2. The summed E-state index contributed by atoms with van der Waals surface area (Å²) in [6, 6.07) is 26.1. The number of hydrogen-bond donors (Lipinski definition) is 4. The highest BCUT2D eigenvalue weighted by Crippen LogP contribution is 2.63. The molecule has 13 nitrogen and oxygen atoms in total. The molecule has 266 valence electrons. The summed E-state index contributed by atoms with van der Waals surface area (Å²) in [5.41, 5.74) is -1.50. The van der Waals surface area contributed by atoms with E-state index >= 15 is 0 Å². The topological polar surface area (TPSA) is 189 Å². The molecule has 0 fully saturated rings. The van der Waals surface area contributed by atoms with Crippen LogP contribution in [0.3, 0.4) is 0 Å². The van der Waals surface area contributed by atoms with E-state index in [-0.39, 0.29) is 79.6 Å². The first kappa shape index (κ1) is 32.1. The number of rotatable bonds is 3. The molecule has 0 amide bonds. The van der Waals surface area contributed by atoms with Crippen molar-refractivity contribution in [3.05, 3.63) is 148 Å². The van der Waals surface area contributed by atoms with Crippen molar-refractivity contribution in [1.29, 1.82) is 0 Å². The molecule has 2 spiro atoms. The SMILES string of the molecule is O=C1OC2(c3ccc(O)cc3Oc3cc(O)cc(N=Nc4c(N=C=S)c(O)cc5c4C4(OC(=O)c6ccccc64)c4ccc(O)cc4O5)c32)c2ccccc21. The highest BCUT2D eigenvalue weighted by molar-refractivity contribution is 7.78. The minimum absolute atomic E-state index is 0.0116. The van der Waals surface area contributed by atoms with Crippen molar-refractivity contribution in [2.75, 3.05) is 0 Å². The molecule has 0 aliphatic carbocycles. The maximum atomic E-state index is 13.6. The van der Waals surface area contributed by atoms with Crippen LogP contribution < -0.4 is 9.47 Å². The second-order valence-electron chi connectivity index (χ2n) is 13.0. The van der Waals surface area contributed by atoms with Crippen LogP contribution in [0.5, 0.6) is 46.0 Å². The van der Waals surface area contributed by atoms with E-state index in [1.165, 1.54) is 42.5 Å². The molecule has 4 heterocycles. The summed E-state index contributed by atoms with van der Waals surface area (Å²) in [6.07, 6.45) is 0. The van der Waals surface area contributed by atoms with Crippen molar-refractivity contribution in [2.24, 2.45) is 15.2 Å². The van der Waals surface area contributed by atoms with Crippen molar-refractivity contribution >= 4 is 46.4 Å². The largest absolute Gasteiger partial charge is 0.508 e. The van der Waals surface area contributed by atoms with E-state index in [0.29, 0.717) is 22.3 Å². The Balaban J connectivity index is 1.27. The Morgan fingerprint density at radius 3 is 1.65 bits per heavy atom. The number of benzene rings is 6. The molecule has 0 saturated carbocycles. The van der Waals surface area contributed by atoms with Crippen LogP contribution in [0, 0.1) is 0 Å². The zero-order chi connectivity index (χ0) is 37.8. The summed E-state index contributed by atoms with van der Waals surface area (Å²) in [5.74, 6) is -1.96. The normalized spacial score (nSPS) is 19.2. The van der Waals surface area contributed by atoms with Crippen LogP contribution in [-0.2, 0) is 20.7 Å². The van der Waals surface area contributed by atoms with E-state index in [0.717, 1.165) is 0 Å². The van der Waals surface area contributed by atoms with Crippen molar-refractivity contribution in [2.45, 2.75) is 11.2 Å². The Morgan fingerprint density at radius 1 is 0.545 bits per heavy atom. The van der Waals surface area contributed by atoms with Gasteiger partial charge in [-0.05, 0) is 48.6 Å². The van der Waals surface area contributed by atoms with Gasteiger partial charge in [0, 0.05) is 52.6 Å². The zero-order valence-electron chi connectivity index (χ0n) is 27.8. The number of carbonyl (C=O) groups excluding carboxylic acids is 2. The number of aliphatic imine (C=N–C) groups is 1. The van der Waals surface area contributed by atoms with Crippen molar-refractivity contribution in [1.82, 2.24) is 0 Å². The van der Waals surface area contributed by atoms with Gasteiger partial charge in [-0.2, -0.15) is 4.99 Å². The number of thiocarbonyl (C=S) groups is 1. The van der Waals surface area contributed by atoms with Crippen LogP contribution in [0.4, 0.5) is 17.1 Å². The van der Waals surface area contributed by atoms with Crippen LogP contribution >= 0.6 is 12.2 Å². The minimum Gasteiger partial charge on any atom is -0.508 e. The van der Waals surface area contributed by atoms with E-state index < -0.39 is 28.9 Å². The molecule has 4 N–H and O–H groups in total. The number of hydrogen-bond acceptors (Lipinski definition) is 14. The van der Waals surface area contributed by atoms with Gasteiger partial charge in [-0.1, -0.05) is 36.4 Å². The fourth-order valence-electron chi connectivity index (χ4n) is 7.98. The van der Waals surface area contributed by atoms with Gasteiger partial charge in [0.1, 0.15) is 63.1 Å². The van der Waals surface area contributed by atoms with Crippen LogP contribution in [0.25, 0.3) is 0 Å². The number of fused-ring (bicyclic) bond motifs is 12. The lowest BCUT2D eigenvalue weighted by Gasteiger charge is -2.37. The third kappa shape index (κ3) is 4.28. The number of azo groups is 1. The van der Waals surface area contributed by atoms with E-state index in [1.54, 1.807) is 60.7 Å². The lowest BCUT2D eigenvalue weighted by atomic mass is 9.76. The van der Waals surface area contributed by atoms with Gasteiger partial charge in [0.25, 0.3) is 0 Å². The molecule has 55 heavy (non-hydrogen) atoms. The molecular formula is C41H21N3O10S. The van der Waals surface area contributed by atoms with Crippen LogP contribution in [-0.4, -0.2) is 37.5 Å². The van der Waals surface area contributed by atoms with Crippen LogP contribution in [0.1, 0.15) is 54.1 Å². The standard InChI is InChI=1S/C41H21N3O10S/c45-19-9-11-26-30(14-19)51-32-16-21(47)13-28(34(32)40(26)24-7-3-1-5-22(24)38(49)53-40)43-44-37-35-33(17-29(48)36(37)42-18-55)52-31-15-20(46)10-12-27(31)41(35)25-8-4-2-6-23(25)39(50)54-41/h1-17,45-48H. The molecule has 0 radical (unpaired) electrons. The third-order valence-corrected chi connectivity index (χ3v) is 10.2. The van der Waals surface area contributed by atoms with Gasteiger partial charge in [0.15, 0.2) is 11.2 Å². The first-order valence-electron chi connectivity index (χ1n) is 16.6. The first-order valence-corrected chi connectivity index (χ1v) is 17.0. The van der Waals surface area contributed by atoms with E-state index in [9.17, 15) is 30.0 Å². The summed E-state index contributed by atoms with van der Waals surface area (Å²) in [6.45, 7) is 0. The van der Waals surface area contributed by atoms with Gasteiger partial charge in [0.2, 0.25) is 0 Å². The first-order chi connectivity index (χ1) is 26.6. The van der Waals surface area contributed by atoms with Crippen molar-refractivity contribution < 1.29 is 49.0 Å². The maximum absolute atomic E-state index is 13.6. The molecule has 0 saturated heterocycles. The Bertz CT molecular complexity index is 2850. The lowest BCUT2D eigenvalue weighted by Crippen LogP contribution is -2.33. The van der Waals surface area contributed by atoms with Crippen LogP contribution in [0.15, 0.2) is 118 Å². The molecule has 14 heteroatoms. The number of ether oxygens (including phenoxy) is 4. The number of esters is 2. The Morgan fingerprint density at radius 2 is 1.07 bits per heavy atom. The number of isothiocyanates is 1. The highest BCUT2D eigenvalue weighted by Gasteiger charge is 2.57. The third-order valence-electron chi connectivity index (χ3n) is 10.1. The number of phenolic OH excluding ortho intramolecular Hbond substituents is 4. The van der Waals surface area contributed by atoms with Gasteiger partial charge in [0.05, 0.1) is 27.4 Å². The van der Waals surface area contributed by atoms with Crippen molar-refractivity contribution in [3.8, 4) is 46.0 Å². The van der Waals surface area contributed by atoms with Gasteiger partial charge < -0.3 is 39.4 Å². The zero-order valence-corrected chi connectivity index (χ0v) is 28.6. The molecule has 4 aliphatic rings. The lowest BCUT2D eigenvalue weighted by molar-refractivity contribution is 0.0215. The second-order valence-corrected chi connectivity index (χ2v) is 13.2. The summed E-state index contributed by atoms with van der Waals surface area (Å²) in [4.78, 5) is 31.3.